The lowest BCUT2D eigenvalue weighted by Crippen LogP contribution is -2.06. The molecule has 12 nitrogen and oxygen atoms in total. The Bertz CT molecular complexity index is 1030. The van der Waals surface area contributed by atoms with Crippen molar-refractivity contribution < 1.29 is 20.6 Å². The minimum absolute atomic E-state index is 0.427. The average Bonchev–Trinajstić information content (AvgIpc) is 3.40. The second kappa shape index (κ2) is 11.6. The predicted octanol–water partition coefficient (Wildman–Crippen LogP) is 3.83. The number of rotatable bonds is 6. The first-order valence-corrected chi connectivity index (χ1v) is 10.4. The Labute approximate surface area is 184 Å². The molecule has 1 unspecified atom stereocenters. The van der Waals surface area contributed by atoms with E-state index >= 15 is 0 Å². The second-order valence-electron chi connectivity index (χ2n) is 7.35. The van der Waals surface area contributed by atoms with Crippen LogP contribution >= 0.6 is 0 Å². The summed E-state index contributed by atoms with van der Waals surface area (Å²) in [5.74, 6) is 1.24. The Kier molecular flexibility index (Phi) is 8.93. The van der Waals surface area contributed by atoms with Gasteiger partial charge in [0.2, 0.25) is 0 Å². The van der Waals surface area contributed by atoms with Crippen LogP contribution in [0.5, 0.6) is 0 Å². The number of hydrogen-bond donors (Lipinski definition) is 2. The number of unbranched alkanes of at least 4 members (excludes halogenated alkanes) is 1. The first-order valence-electron chi connectivity index (χ1n) is 10.4. The smallest absolute Gasteiger partial charge is 0.291 e. The van der Waals surface area contributed by atoms with E-state index in [0.29, 0.717) is 6.04 Å². The third-order valence-electron chi connectivity index (χ3n) is 5.20. The van der Waals surface area contributed by atoms with Gasteiger partial charge in [-0.3, -0.25) is 0 Å². The molecular formula is C20H28N6O6. The van der Waals surface area contributed by atoms with Gasteiger partial charge in [-0.1, -0.05) is 26.3 Å². The van der Waals surface area contributed by atoms with E-state index in [1.165, 1.54) is 41.9 Å². The summed E-state index contributed by atoms with van der Waals surface area (Å²) in [5.41, 5.74) is 5.19. The first kappa shape index (κ1) is 24.6. The van der Waals surface area contributed by atoms with Crippen LogP contribution in [0.15, 0.2) is 30.7 Å². The van der Waals surface area contributed by atoms with Crippen LogP contribution in [0.25, 0.3) is 11.0 Å². The van der Waals surface area contributed by atoms with Crippen molar-refractivity contribution >= 4 is 11.0 Å². The average molecular weight is 448 g/mol. The molecule has 2 aromatic heterocycles. The van der Waals surface area contributed by atoms with Crippen molar-refractivity contribution in [3.8, 4) is 0 Å². The summed E-state index contributed by atoms with van der Waals surface area (Å²) in [4.78, 5) is 25.9. The zero-order valence-corrected chi connectivity index (χ0v) is 18.1. The van der Waals surface area contributed by atoms with Gasteiger partial charge in [-0.05, 0) is 43.4 Å². The number of hydrogen-bond acceptors (Lipinski definition) is 6. The molecule has 0 radical (unpaired) electrons. The SMILES string of the molecule is CCCCn1c(CCC)nc2ccc(C3CCc4cncn43)cc21.O=[N+]([O-])O.O=[N+]([O-])O. The lowest BCUT2D eigenvalue weighted by atomic mass is 10.0. The van der Waals surface area contributed by atoms with Crippen LogP contribution in [-0.4, -0.2) is 39.7 Å². The fourth-order valence-electron chi connectivity index (χ4n) is 3.93. The molecule has 174 valence electrons. The fraction of sp³-hybridized carbons (Fsp3) is 0.500. The maximum absolute atomic E-state index is 8.36. The van der Waals surface area contributed by atoms with Crippen molar-refractivity contribution in [2.45, 2.75) is 65.0 Å². The molecule has 32 heavy (non-hydrogen) atoms. The van der Waals surface area contributed by atoms with E-state index in [-0.39, 0.29) is 0 Å². The highest BCUT2D eigenvalue weighted by molar-refractivity contribution is 5.77. The monoisotopic (exact) mass is 448 g/mol. The molecule has 4 rings (SSSR count). The molecule has 0 aliphatic carbocycles. The van der Waals surface area contributed by atoms with Crippen molar-refractivity contribution in [2.24, 2.45) is 0 Å². The Morgan fingerprint density at radius 3 is 2.47 bits per heavy atom. The highest BCUT2D eigenvalue weighted by Gasteiger charge is 2.24. The highest BCUT2D eigenvalue weighted by atomic mass is 16.9. The summed E-state index contributed by atoms with van der Waals surface area (Å²) < 4.78 is 4.79. The van der Waals surface area contributed by atoms with Gasteiger partial charge in [-0.2, -0.15) is 0 Å². The Morgan fingerprint density at radius 2 is 1.84 bits per heavy atom. The van der Waals surface area contributed by atoms with Crippen LogP contribution in [0.1, 0.15) is 62.7 Å². The predicted molar refractivity (Wildman–Crippen MR) is 115 cm³/mol. The molecule has 0 bridgehead atoms. The minimum Gasteiger partial charge on any atom is -0.328 e. The minimum atomic E-state index is -1.50. The molecule has 0 saturated carbocycles. The molecule has 1 atom stereocenters. The standard InChI is InChI=1S/C20H26N4.2HNO3/c1-3-5-11-23-19-12-15(7-9-17(19)22-20(23)6-4-2)18-10-8-16-13-21-14-24(16)18;2*2-1(3)4/h7,9,12-14,18H,3-6,8,10-11H2,1-2H3;2*(H,2,3,4). The second-order valence-corrected chi connectivity index (χ2v) is 7.35. The van der Waals surface area contributed by atoms with Gasteiger partial charge >= 0.3 is 0 Å². The molecule has 0 fully saturated rings. The number of aryl methyl sites for hydroxylation is 3. The summed E-state index contributed by atoms with van der Waals surface area (Å²) in [5, 5.41) is 27.3. The normalized spacial score (nSPS) is 14.1. The molecule has 1 aromatic carbocycles. The van der Waals surface area contributed by atoms with Crippen LogP contribution in [0, 0.1) is 20.2 Å². The van der Waals surface area contributed by atoms with Crippen LogP contribution in [0.2, 0.25) is 0 Å². The van der Waals surface area contributed by atoms with E-state index < -0.39 is 10.2 Å². The first-order chi connectivity index (χ1) is 15.3. The Morgan fingerprint density at radius 1 is 1.16 bits per heavy atom. The number of nitrogens with zero attached hydrogens (tertiary/aromatic N) is 6. The van der Waals surface area contributed by atoms with Gasteiger partial charge in [-0.25, -0.2) is 9.97 Å². The van der Waals surface area contributed by atoms with E-state index in [9.17, 15) is 0 Å². The summed E-state index contributed by atoms with van der Waals surface area (Å²) in [7, 11) is 0. The number of fused-ring (bicyclic) bond motifs is 2. The zero-order chi connectivity index (χ0) is 23.7. The van der Waals surface area contributed by atoms with Gasteiger partial charge in [0.25, 0.3) is 10.2 Å². The molecule has 0 saturated heterocycles. The van der Waals surface area contributed by atoms with Crippen LogP contribution < -0.4 is 0 Å². The maximum atomic E-state index is 8.36. The fourth-order valence-corrected chi connectivity index (χ4v) is 3.93. The van der Waals surface area contributed by atoms with E-state index in [0.717, 1.165) is 31.3 Å². The Balaban J connectivity index is 0.000000395. The Hall–Kier alpha value is -3.70. The molecule has 1 aliphatic rings. The largest absolute Gasteiger partial charge is 0.328 e. The highest BCUT2D eigenvalue weighted by Crippen LogP contribution is 2.33. The number of aromatic nitrogens is 4. The van der Waals surface area contributed by atoms with E-state index in [4.69, 9.17) is 35.6 Å². The molecule has 0 amide bonds. The summed E-state index contributed by atoms with van der Waals surface area (Å²) in [6.45, 7) is 5.56. The molecule has 3 aromatic rings. The van der Waals surface area contributed by atoms with Crippen LogP contribution in [-0.2, 0) is 19.4 Å². The number of imidazole rings is 2. The van der Waals surface area contributed by atoms with Crippen molar-refractivity contribution in [3.05, 3.63) is 68.0 Å². The molecule has 0 spiro atoms. The lowest BCUT2D eigenvalue weighted by molar-refractivity contribution is -0.742. The molecule has 3 heterocycles. The van der Waals surface area contributed by atoms with Crippen molar-refractivity contribution in [2.75, 3.05) is 0 Å². The van der Waals surface area contributed by atoms with E-state index in [1.54, 1.807) is 0 Å². The van der Waals surface area contributed by atoms with Gasteiger partial charge in [0.15, 0.2) is 0 Å². The molecular weight excluding hydrogens is 420 g/mol. The zero-order valence-electron chi connectivity index (χ0n) is 18.1. The van der Waals surface area contributed by atoms with E-state index in [1.807, 2.05) is 12.5 Å². The van der Waals surface area contributed by atoms with Crippen LogP contribution in [0.3, 0.4) is 0 Å². The van der Waals surface area contributed by atoms with Crippen molar-refractivity contribution in [1.29, 1.82) is 0 Å². The molecule has 1 aliphatic heterocycles. The van der Waals surface area contributed by atoms with Gasteiger partial charge < -0.3 is 19.5 Å². The van der Waals surface area contributed by atoms with E-state index in [2.05, 4.69) is 46.2 Å². The topological polar surface area (TPSA) is 162 Å². The third-order valence-corrected chi connectivity index (χ3v) is 5.20. The summed E-state index contributed by atoms with van der Waals surface area (Å²) >= 11 is 0. The number of benzene rings is 1. The van der Waals surface area contributed by atoms with Gasteiger partial charge in [0.1, 0.15) is 5.82 Å². The van der Waals surface area contributed by atoms with Crippen LogP contribution in [0.4, 0.5) is 0 Å². The van der Waals surface area contributed by atoms with Gasteiger partial charge in [0.05, 0.1) is 23.4 Å². The maximum Gasteiger partial charge on any atom is 0.291 e. The van der Waals surface area contributed by atoms with Gasteiger partial charge in [-0.15, -0.1) is 20.2 Å². The van der Waals surface area contributed by atoms with Crippen molar-refractivity contribution in [3.63, 3.8) is 0 Å². The molecule has 12 heteroatoms. The summed E-state index contributed by atoms with van der Waals surface area (Å²) in [6.07, 6.45) is 10.9. The third kappa shape index (κ3) is 6.40. The summed E-state index contributed by atoms with van der Waals surface area (Å²) in [6, 6.07) is 7.27. The molecule has 2 N–H and O–H groups in total. The quantitative estimate of drug-likeness (QED) is 0.424. The van der Waals surface area contributed by atoms with Crippen molar-refractivity contribution in [1.82, 2.24) is 19.1 Å². The lowest BCUT2D eigenvalue weighted by Gasteiger charge is -2.14. The van der Waals surface area contributed by atoms with Gasteiger partial charge in [0, 0.05) is 24.9 Å².